The van der Waals surface area contributed by atoms with E-state index in [-0.39, 0.29) is 6.04 Å². The van der Waals surface area contributed by atoms with Crippen molar-refractivity contribution in [1.29, 1.82) is 0 Å². The summed E-state index contributed by atoms with van der Waals surface area (Å²) in [7, 11) is 1.97. The van der Waals surface area contributed by atoms with E-state index < -0.39 is 0 Å². The Bertz CT molecular complexity index is 588. The van der Waals surface area contributed by atoms with Crippen molar-refractivity contribution in [3.05, 3.63) is 46.3 Å². The van der Waals surface area contributed by atoms with Crippen molar-refractivity contribution in [3.63, 3.8) is 0 Å². The normalized spacial score (nSPS) is 12.5. The van der Waals surface area contributed by atoms with Gasteiger partial charge in [-0.1, -0.05) is 24.6 Å². The summed E-state index contributed by atoms with van der Waals surface area (Å²) in [5, 5.41) is 8.11. The second kappa shape index (κ2) is 5.70. The highest BCUT2D eigenvalue weighted by Gasteiger charge is 2.14. The molecule has 0 amide bonds. The average molecular weight is 271 g/mol. The Morgan fingerprint density at radius 1 is 1.20 bits per heavy atom. The van der Waals surface area contributed by atoms with Crippen LogP contribution in [0.2, 0.25) is 0 Å². The van der Waals surface area contributed by atoms with E-state index in [0.717, 1.165) is 17.8 Å². The zero-order chi connectivity index (χ0) is 14.9. The Hall–Kier alpha value is -1.77. The van der Waals surface area contributed by atoms with Gasteiger partial charge in [-0.3, -0.25) is 4.68 Å². The first-order valence-electron chi connectivity index (χ1n) is 7.29. The Labute approximate surface area is 122 Å². The SMILES string of the molecule is CCc1nn(C)cc1NC(C)c1c(C)cc(C)cc1C. The van der Waals surface area contributed by atoms with Crippen molar-refractivity contribution in [2.75, 3.05) is 5.32 Å². The van der Waals surface area contributed by atoms with Gasteiger partial charge < -0.3 is 5.32 Å². The van der Waals surface area contributed by atoms with Gasteiger partial charge in [0.2, 0.25) is 0 Å². The molecule has 1 N–H and O–H groups in total. The number of rotatable bonds is 4. The lowest BCUT2D eigenvalue weighted by molar-refractivity contribution is 0.746. The largest absolute Gasteiger partial charge is 0.376 e. The topological polar surface area (TPSA) is 29.9 Å². The number of anilines is 1. The number of hydrogen-bond donors (Lipinski definition) is 1. The van der Waals surface area contributed by atoms with E-state index in [2.05, 4.69) is 63.4 Å². The number of aryl methyl sites for hydroxylation is 5. The molecule has 0 bridgehead atoms. The second-order valence-electron chi connectivity index (χ2n) is 5.70. The first-order valence-corrected chi connectivity index (χ1v) is 7.29. The molecule has 0 saturated heterocycles. The summed E-state index contributed by atoms with van der Waals surface area (Å²) in [5.41, 5.74) is 7.69. The number of benzene rings is 1. The quantitative estimate of drug-likeness (QED) is 0.908. The molecule has 1 aromatic heterocycles. The van der Waals surface area contributed by atoms with Crippen LogP contribution in [0.5, 0.6) is 0 Å². The van der Waals surface area contributed by atoms with Gasteiger partial charge in [-0.05, 0) is 50.8 Å². The molecule has 20 heavy (non-hydrogen) atoms. The molecule has 1 heterocycles. The molecule has 0 radical (unpaired) electrons. The molecule has 0 spiro atoms. The summed E-state index contributed by atoms with van der Waals surface area (Å²) in [4.78, 5) is 0. The highest BCUT2D eigenvalue weighted by molar-refractivity contribution is 5.50. The smallest absolute Gasteiger partial charge is 0.0853 e. The van der Waals surface area contributed by atoms with E-state index in [1.165, 1.54) is 22.3 Å². The summed E-state index contributed by atoms with van der Waals surface area (Å²) in [6.45, 7) is 10.9. The fourth-order valence-electron chi connectivity index (χ4n) is 3.10. The zero-order valence-corrected chi connectivity index (χ0v) is 13.4. The molecule has 0 saturated carbocycles. The van der Waals surface area contributed by atoms with Gasteiger partial charge in [-0.15, -0.1) is 0 Å². The van der Waals surface area contributed by atoms with Crippen LogP contribution in [0.1, 0.15) is 47.8 Å². The van der Waals surface area contributed by atoms with Crippen LogP contribution in [0.3, 0.4) is 0 Å². The summed E-state index contributed by atoms with van der Waals surface area (Å²) in [6, 6.07) is 4.79. The maximum absolute atomic E-state index is 4.49. The van der Waals surface area contributed by atoms with Crippen LogP contribution in [0.15, 0.2) is 18.3 Å². The lowest BCUT2D eigenvalue weighted by Crippen LogP contribution is -2.11. The molecule has 1 unspecified atom stereocenters. The molecule has 108 valence electrons. The molecule has 0 aliphatic carbocycles. The van der Waals surface area contributed by atoms with Crippen LogP contribution in [0.4, 0.5) is 5.69 Å². The summed E-state index contributed by atoms with van der Waals surface area (Å²) < 4.78 is 1.88. The molecule has 2 rings (SSSR count). The van der Waals surface area contributed by atoms with Crippen molar-refractivity contribution in [3.8, 4) is 0 Å². The monoisotopic (exact) mass is 271 g/mol. The van der Waals surface area contributed by atoms with E-state index in [4.69, 9.17) is 0 Å². The number of hydrogen-bond acceptors (Lipinski definition) is 2. The van der Waals surface area contributed by atoms with Gasteiger partial charge in [-0.2, -0.15) is 5.10 Å². The molecular formula is C17H25N3. The van der Waals surface area contributed by atoms with Gasteiger partial charge in [0.25, 0.3) is 0 Å². The predicted octanol–water partition coefficient (Wildman–Crippen LogP) is 4.08. The Morgan fingerprint density at radius 2 is 1.80 bits per heavy atom. The first-order chi connectivity index (χ1) is 9.42. The van der Waals surface area contributed by atoms with Gasteiger partial charge in [0, 0.05) is 19.3 Å². The van der Waals surface area contributed by atoms with Crippen molar-refractivity contribution in [2.45, 2.75) is 47.1 Å². The molecule has 3 heteroatoms. The molecule has 3 nitrogen and oxygen atoms in total. The van der Waals surface area contributed by atoms with Crippen molar-refractivity contribution in [2.24, 2.45) is 7.05 Å². The van der Waals surface area contributed by atoms with Gasteiger partial charge in [-0.25, -0.2) is 0 Å². The molecule has 0 aliphatic rings. The van der Waals surface area contributed by atoms with Crippen LogP contribution < -0.4 is 5.32 Å². The maximum Gasteiger partial charge on any atom is 0.0853 e. The lowest BCUT2D eigenvalue weighted by atomic mass is 9.95. The molecule has 1 atom stereocenters. The van der Waals surface area contributed by atoms with Crippen LogP contribution in [-0.2, 0) is 13.5 Å². The highest BCUT2D eigenvalue weighted by atomic mass is 15.3. The van der Waals surface area contributed by atoms with E-state index in [9.17, 15) is 0 Å². The molecular weight excluding hydrogens is 246 g/mol. The van der Waals surface area contributed by atoms with Crippen molar-refractivity contribution < 1.29 is 0 Å². The van der Waals surface area contributed by atoms with E-state index in [1.807, 2.05) is 11.7 Å². The van der Waals surface area contributed by atoms with E-state index >= 15 is 0 Å². The zero-order valence-electron chi connectivity index (χ0n) is 13.4. The predicted molar refractivity (Wildman–Crippen MR) is 85.3 cm³/mol. The van der Waals surface area contributed by atoms with Crippen LogP contribution in [-0.4, -0.2) is 9.78 Å². The third-order valence-corrected chi connectivity index (χ3v) is 3.78. The Balaban J connectivity index is 2.30. The standard InChI is InChI=1S/C17H25N3/c1-7-15-16(10-20(6)19-15)18-14(5)17-12(3)8-11(2)9-13(17)4/h8-10,14,18H,7H2,1-6H3. The molecule has 2 aromatic rings. The molecule has 0 aliphatic heterocycles. The Kier molecular flexibility index (Phi) is 4.17. The minimum atomic E-state index is 0.282. The summed E-state index contributed by atoms with van der Waals surface area (Å²) >= 11 is 0. The maximum atomic E-state index is 4.49. The average Bonchev–Trinajstić information content (AvgIpc) is 2.67. The van der Waals surface area contributed by atoms with Crippen LogP contribution in [0, 0.1) is 20.8 Å². The Morgan fingerprint density at radius 3 is 2.35 bits per heavy atom. The molecule has 1 aromatic carbocycles. The van der Waals surface area contributed by atoms with Crippen molar-refractivity contribution in [1.82, 2.24) is 9.78 Å². The summed E-state index contributed by atoms with van der Waals surface area (Å²) in [5.74, 6) is 0. The van der Waals surface area contributed by atoms with Gasteiger partial charge in [0.15, 0.2) is 0 Å². The van der Waals surface area contributed by atoms with E-state index in [0.29, 0.717) is 0 Å². The van der Waals surface area contributed by atoms with Gasteiger partial charge in [0.05, 0.1) is 11.4 Å². The van der Waals surface area contributed by atoms with Gasteiger partial charge in [0.1, 0.15) is 0 Å². The van der Waals surface area contributed by atoms with Crippen LogP contribution >= 0.6 is 0 Å². The minimum absolute atomic E-state index is 0.282. The highest BCUT2D eigenvalue weighted by Crippen LogP contribution is 2.27. The lowest BCUT2D eigenvalue weighted by Gasteiger charge is -2.20. The first kappa shape index (κ1) is 14.6. The minimum Gasteiger partial charge on any atom is -0.376 e. The number of aromatic nitrogens is 2. The summed E-state index contributed by atoms with van der Waals surface area (Å²) in [6.07, 6.45) is 3.01. The third-order valence-electron chi connectivity index (χ3n) is 3.78. The fourth-order valence-corrected chi connectivity index (χ4v) is 3.10. The van der Waals surface area contributed by atoms with E-state index in [1.54, 1.807) is 0 Å². The molecule has 0 fully saturated rings. The van der Waals surface area contributed by atoms with Crippen LogP contribution in [0.25, 0.3) is 0 Å². The number of nitrogens with one attached hydrogen (secondary N) is 1. The second-order valence-corrected chi connectivity index (χ2v) is 5.70. The van der Waals surface area contributed by atoms with Crippen molar-refractivity contribution >= 4 is 5.69 Å². The third kappa shape index (κ3) is 2.87. The number of nitrogens with zero attached hydrogens (tertiary/aromatic N) is 2. The van der Waals surface area contributed by atoms with Gasteiger partial charge >= 0.3 is 0 Å². The fraction of sp³-hybridized carbons (Fsp3) is 0.471.